The number of benzene rings is 1. The number of nitrogens with one attached hydrogen (secondary N) is 1. The van der Waals surface area contributed by atoms with Crippen molar-refractivity contribution in [3.05, 3.63) is 34.9 Å². The highest BCUT2D eigenvalue weighted by Crippen LogP contribution is 2.32. The molecule has 1 atom stereocenters. The van der Waals surface area contributed by atoms with Crippen LogP contribution >= 0.6 is 24.2 Å². The van der Waals surface area contributed by atoms with Crippen LogP contribution in [0.15, 0.2) is 24.3 Å². The van der Waals surface area contributed by atoms with E-state index in [0.29, 0.717) is 0 Å². The summed E-state index contributed by atoms with van der Waals surface area (Å²) in [6.45, 7) is 7.62. The molecule has 1 aromatic rings. The predicted octanol–water partition coefficient (Wildman–Crippen LogP) is 4.48. The van der Waals surface area contributed by atoms with Crippen LogP contribution in [0.5, 0.6) is 0 Å². The summed E-state index contributed by atoms with van der Waals surface area (Å²) in [5, 5.41) is 4.50. The summed E-state index contributed by atoms with van der Waals surface area (Å²) in [5.74, 6) is 0. The maximum Gasteiger partial charge on any atom is 0.0443 e. The number of rotatable bonds is 6. The summed E-state index contributed by atoms with van der Waals surface area (Å²) in [6, 6.07) is 7.93. The van der Waals surface area contributed by atoms with E-state index in [1.807, 2.05) is 24.3 Å². The standard InChI is InChI=1S/C14H22ClNS/c1-4-5-10-16-14(2,3)13(17)11-6-8-12(15)9-7-11/h6-9,13,16-17H,4-5,10H2,1-3H3. The third-order valence-corrected chi connectivity index (χ3v) is 4.18. The van der Waals surface area contributed by atoms with Gasteiger partial charge in [-0.05, 0) is 44.5 Å². The smallest absolute Gasteiger partial charge is 0.0443 e. The summed E-state index contributed by atoms with van der Waals surface area (Å²) < 4.78 is 0. The zero-order valence-corrected chi connectivity index (χ0v) is 12.5. The van der Waals surface area contributed by atoms with E-state index in [1.54, 1.807) is 0 Å². The second kappa shape index (κ2) is 6.67. The fraction of sp³-hybridized carbons (Fsp3) is 0.571. The molecule has 0 fully saturated rings. The third-order valence-electron chi connectivity index (χ3n) is 2.98. The lowest BCUT2D eigenvalue weighted by molar-refractivity contribution is 0.377. The molecule has 3 heteroatoms. The van der Waals surface area contributed by atoms with Crippen molar-refractivity contribution in [3.8, 4) is 0 Å². The van der Waals surface area contributed by atoms with Gasteiger partial charge in [0.25, 0.3) is 0 Å². The molecule has 0 saturated carbocycles. The van der Waals surface area contributed by atoms with E-state index < -0.39 is 0 Å². The van der Waals surface area contributed by atoms with Crippen LogP contribution in [0, 0.1) is 0 Å². The Kier molecular flexibility index (Phi) is 5.84. The molecule has 0 aliphatic heterocycles. The number of unbranched alkanes of at least 4 members (excludes halogenated alkanes) is 1. The van der Waals surface area contributed by atoms with Gasteiger partial charge in [-0.2, -0.15) is 12.6 Å². The number of thiol groups is 1. The first kappa shape index (κ1) is 14.9. The van der Waals surface area contributed by atoms with Gasteiger partial charge in [-0.3, -0.25) is 0 Å². The van der Waals surface area contributed by atoms with Crippen molar-refractivity contribution in [3.63, 3.8) is 0 Å². The second-order valence-electron chi connectivity index (χ2n) is 4.96. The van der Waals surface area contributed by atoms with Gasteiger partial charge >= 0.3 is 0 Å². The molecule has 17 heavy (non-hydrogen) atoms. The van der Waals surface area contributed by atoms with Crippen molar-refractivity contribution >= 4 is 24.2 Å². The van der Waals surface area contributed by atoms with Crippen molar-refractivity contribution in [2.45, 2.75) is 44.4 Å². The fourth-order valence-corrected chi connectivity index (χ4v) is 2.14. The molecule has 0 aromatic heterocycles. The highest BCUT2D eigenvalue weighted by Gasteiger charge is 2.26. The van der Waals surface area contributed by atoms with Crippen LogP contribution in [0.25, 0.3) is 0 Å². The number of halogens is 1. The zero-order chi connectivity index (χ0) is 12.9. The molecule has 1 rings (SSSR count). The lowest BCUT2D eigenvalue weighted by Gasteiger charge is -2.33. The predicted molar refractivity (Wildman–Crippen MR) is 80.2 cm³/mol. The average Bonchev–Trinajstić information content (AvgIpc) is 2.29. The zero-order valence-electron chi connectivity index (χ0n) is 10.8. The topological polar surface area (TPSA) is 12.0 Å². The minimum Gasteiger partial charge on any atom is -0.310 e. The van der Waals surface area contributed by atoms with Gasteiger partial charge in [-0.25, -0.2) is 0 Å². The highest BCUT2D eigenvalue weighted by atomic mass is 35.5. The quantitative estimate of drug-likeness (QED) is 0.574. The van der Waals surface area contributed by atoms with Crippen LogP contribution in [0.1, 0.15) is 44.4 Å². The van der Waals surface area contributed by atoms with E-state index in [4.69, 9.17) is 24.2 Å². The Morgan fingerprint density at radius 2 is 1.88 bits per heavy atom. The monoisotopic (exact) mass is 271 g/mol. The van der Waals surface area contributed by atoms with Gasteiger partial charge in [0.1, 0.15) is 0 Å². The summed E-state index contributed by atoms with van der Waals surface area (Å²) >= 11 is 10.6. The molecular weight excluding hydrogens is 250 g/mol. The third kappa shape index (κ3) is 4.53. The van der Waals surface area contributed by atoms with Crippen molar-refractivity contribution in [2.75, 3.05) is 6.54 Å². The Labute approximate surface area is 115 Å². The van der Waals surface area contributed by atoms with E-state index in [-0.39, 0.29) is 10.8 Å². The maximum absolute atomic E-state index is 5.89. The Bertz CT molecular complexity index is 335. The lowest BCUT2D eigenvalue weighted by atomic mass is 9.94. The minimum absolute atomic E-state index is 0.0217. The molecule has 0 amide bonds. The van der Waals surface area contributed by atoms with E-state index in [9.17, 15) is 0 Å². The molecule has 1 unspecified atom stereocenters. The molecule has 0 aliphatic carbocycles. The summed E-state index contributed by atoms with van der Waals surface area (Å²) in [6.07, 6.45) is 2.41. The molecule has 96 valence electrons. The van der Waals surface area contributed by atoms with Crippen LogP contribution in [0.2, 0.25) is 5.02 Å². The molecule has 0 aliphatic rings. The number of hydrogen-bond donors (Lipinski definition) is 2. The van der Waals surface area contributed by atoms with Gasteiger partial charge in [-0.1, -0.05) is 37.1 Å². The van der Waals surface area contributed by atoms with Gasteiger partial charge in [0.05, 0.1) is 0 Å². The van der Waals surface area contributed by atoms with Crippen LogP contribution < -0.4 is 5.32 Å². The van der Waals surface area contributed by atoms with E-state index in [1.165, 1.54) is 18.4 Å². The van der Waals surface area contributed by atoms with Crippen LogP contribution in [-0.4, -0.2) is 12.1 Å². The summed E-state index contributed by atoms with van der Waals surface area (Å²) in [5.41, 5.74) is 1.18. The Hall–Kier alpha value is -0.180. The van der Waals surface area contributed by atoms with E-state index >= 15 is 0 Å². The van der Waals surface area contributed by atoms with Gasteiger partial charge < -0.3 is 5.32 Å². The summed E-state index contributed by atoms with van der Waals surface area (Å²) in [7, 11) is 0. The molecule has 0 radical (unpaired) electrons. The Balaban J connectivity index is 2.66. The van der Waals surface area contributed by atoms with Gasteiger partial charge in [-0.15, -0.1) is 0 Å². The molecule has 0 bridgehead atoms. The Morgan fingerprint density at radius 3 is 2.41 bits per heavy atom. The van der Waals surface area contributed by atoms with Gasteiger partial charge in [0, 0.05) is 15.8 Å². The summed E-state index contributed by atoms with van der Waals surface area (Å²) in [4.78, 5) is 0. The molecule has 0 spiro atoms. The lowest BCUT2D eigenvalue weighted by Crippen LogP contribution is -2.43. The van der Waals surface area contributed by atoms with Crippen LogP contribution in [0.4, 0.5) is 0 Å². The van der Waals surface area contributed by atoms with Crippen LogP contribution in [-0.2, 0) is 0 Å². The largest absolute Gasteiger partial charge is 0.310 e. The minimum atomic E-state index is -0.0217. The first-order chi connectivity index (χ1) is 7.97. The molecule has 0 heterocycles. The van der Waals surface area contributed by atoms with Gasteiger partial charge in [0.2, 0.25) is 0 Å². The van der Waals surface area contributed by atoms with Crippen molar-refractivity contribution in [2.24, 2.45) is 0 Å². The van der Waals surface area contributed by atoms with Gasteiger partial charge in [0.15, 0.2) is 0 Å². The second-order valence-corrected chi connectivity index (χ2v) is 5.91. The molecule has 1 N–H and O–H groups in total. The van der Waals surface area contributed by atoms with Crippen LogP contribution in [0.3, 0.4) is 0 Å². The number of hydrogen-bond acceptors (Lipinski definition) is 2. The molecule has 0 saturated heterocycles. The average molecular weight is 272 g/mol. The molecule has 1 nitrogen and oxygen atoms in total. The van der Waals surface area contributed by atoms with Crippen molar-refractivity contribution < 1.29 is 0 Å². The SMILES string of the molecule is CCCCNC(C)(C)C(S)c1ccc(Cl)cc1. The first-order valence-corrected chi connectivity index (χ1v) is 7.05. The van der Waals surface area contributed by atoms with Crippen molar-refractivity contribution in [1.29, 1.82) is 0 Å². The first-order valence-electron chi connectivity index (χ1n) is 6.16. The Morgan fingerprint density at radius 1 is 1.29 bits per heavy atom. The highest BCUT2D eigenvalue weighted by molar-refractivity contribution is 7.80. The normalized spacial score (nSPS) is 13.7. The molecule has 1 aromatic carbocycles. The van der Waals surface area contributed by atoms with Crippen molar-refractivity contribution in [1.82, 2.24) is 5.32 Å². The van der Waals surface area contributed by atoms with E-state index in [2.05, 4.69) is 26.1 Å². The molecular formula is C14H22ClNS. The maximum atomic E-state index is 5.89. The fourth-order valence-electron chi connectivity index (χ4n) is 1.75. The van der Waals surface area contributed by atoms with E-state index in [0.717, 1.165) is 11.6 Å².